The highest BCUT2D eigenvalue weighted by Gasteiger charge is 2.13. The lowest BCUT2D eigenvalue weighted by atomic mass is 10.1. The second-order valence-electron chi connectivity index (χ2n) is 7.01. The summed E-state index contributed by atoms with van der Waals surface area (Å²) >= 11 is 1.68. The topological polar surface area (TPSA) is 40.5 Å². The molecular weight excluding hydrogens is 385 g/mol. The van der Waals surface area contributed by atoms with Crippen molar-refractivity contribution >= 4 is 17.7 Å². The summed E-state index contributed by atoms with van der Waals surface area (Å²) in [5.41, 5.74) is 2.65. The van der Waals surface area contributed by atoms with E-state index in [1.54, 1.807) is 17.8 Å². The number of hydrogen-bond donors (Lipinski definition) is 1. The van der Waals surface area contributed by atoms with E-state index >= 15 is 0 Å². The molecule has 3 aromatic carbocycles. The van der Waals surface area contributed by atoms with Crippen LogP contribution in [-0.4, -0.2) is 22.5 Å². The third-order valence-corrected chi connectivity index (χ3v) is 5.52. The lowest BCUT2D eigenvalue weighted by Gasteiger charge is -2.22. The summed E-state index contributed by atoms with van der Waals surface area (Å²) < 4.78 is 14.2. The van der Waals surface area contributed by atoms with Crippen molar-refractivity contribution in [1.82, 2.24) is 4.90 Å². The number of aliphatic carboxylic acids is 1. The molecule has 0 atom stereocenters. The van der Waals surface area contributed by atoms with Gasteiger partial charge in [-0.3, -0.25) is 9.69 Å². The van der Waals surface area contributed by atoms with Gasteiger partial charge in [-0.15, -0.1) is 0 Å². The van der Waals surface area contributed by atoms with Crippen molar-refractivity contribution < 1.29 is 14.3 Å². The van der Waals surface area contributed by atoms with Gasteiger partial charge in [-0.2, -0.15) is 0 Å². The van der Waals surface area contributed by atoms with Gasteiger partial charge in [-0.05, 0) is 42.8 Å². The van der Waals surface area contributed by atoms with Crippen LogP contribution in [0.4, 0.5) is 4.39 Å². The van der Waals surface area contributed by atoms with Gasteiger partial charge in [0.15, 0.2) is 0 Å². The van der Waals surface area contributed by atoms with Crippen LogP contribution >= 0.6 is 11.8 Å². The Kier molecular flexibility index (Phi) is 7.44. The molecule has 0 radical (unpaired) electrons. The van der Waals surface area contributed by atoms with Crippen LogP contribution in [-0.2, 0) is 17.9 Å². The summed E-state index contributed by atoms with van der Waals surface area (Å²) in [4.78, 5) is 15.3. The van der Waals surface area contributed by atoms with Gasteiger partial charge in [0.2, 0.25) is 0 Å². The molecule has 0 fully saturated rings. The smallest absolute Gasteiger partial charge is 0.304 e. The third kappa shape index (κ3) is 6.73. The third-order valence-electron chi connectivity index (χ3n) is 4.52. The van der Waals surface area contributed by atoms with Gasteiger partial charge in [0.05, 0.1) is 6.42 Å². The van der Waals surface area contributed by atoms with Gasteiger partial charge >= 0.3 is 5.97 Å². The molecule has 150 valence electrons. The molecule has 0 amide bonds. The van der Waals surface area contributed by atoms with Crippen LogP contribution < -0.4 is 0 Å². The largest absolute Gasteiger partial charge is 0.481 e. The molecule has 0 bridgehead atoms. The molecule has 3 rings (SSSR count). The Morgan fingerprint density at radius 2 is 1.72 bits per heavy atom. The zero-order valence-electron chi connectivity index (χ0n) is 16.3. The molecule has 0 aromatic heterocycles. The maximum absolute atomic E-state index is 14.2. The molecule has 1 N–H and O–H groups in total. The summed E-state index contributed by atoms with van der Waals surface area (Å²) in [6, 6.07) is 23.4. The molecule has 3 aromatic rings. The molecule has 0 saturated carbocycles. The van der Waals surface area contributed by atoms with Crippen LogP contribution in [0.5, 0.6) is 0 Å². The van der Waals surface area contributed by atoms with E-state index in [0.29, 0.717) is 25.2 Å². The molecule has 0 aliphatic heterocycles. The van der Waals surface area contributed by atoms with Crippen molar-refractivity contribution in [3.05, 3.63) is 95.3 Å². The monoisotopic (exact) mass is 409 g/mol. The lowest BCUT2D eigenvalue weighted by molar-refractivity contribution is -0.137. The van der Waals surface area contributed by atoms with Gasteiger partial charge < -0.3 is 5.11 Å². The van der Waals surface area contributed by atoms with E-state index in [9.17, 15) is 9.18 Å². The van der Waals surface area contributed by atoms with E-state index in [2.05, 4.69) is 24.3 Å². The summed E-state index contributed by atoms with van der Waals surface area (Å²) in [5.74, 6) is -1.11. The standard InChI is InChI=1S/C24H24FNO2S/c1-18-10-11-23(25)20(14-18)17-26(13-12-24(27)28)16-19-6-5-9-22(15-19)29-21-7-3-2-4-8-21/h2-11,14-15H,12-13,16-17H2,1H3,(H,27,28). The van der Waals surface area contributed by atoms with Gasteiger partial charge in [-0.1, -0.05) is 59.8 Å². The van der Waals surface area contributed by atoms with Crippen molar-refractivity contribution in [2.24, 2.45) is 0 Å². The van der Waals surface area contributed by atoms with Crippen LogP contribution in [0.15, 0.2) is 82.6 Å². The van der Waals surface area contributed by atoms with Crippen molar-refractivity contribution in [1.29, 1.82) is 0 Å². The average molecular weight is 410 g/mol. The van der Waals surface area contributed by atoms with E-state index in [-0.39, 0.29) is 12.2 Å². The van der Waals surface area contributed by atoms with Crippen LogP contribution in [0, 0.1) is 12.7 Å². The zero-order chi connectivity index (χ0) is 20.6. The van der Waals surface area contributed by atoms with Crippen molar-refractivity contribution in [2.75, 3.05) is 6.54 Å². The van der Waals surface area contributed by atoms with Crippen molar-refractivity contribution in [2.45, 2.75) is 36.2 Å². The maximum atomic E-state index is 14.2. The highest BCUT2D eigenvalue weighted by atomic mass is 32.2. The fraction of sp³-hybridized carbons (Fsp3) is 0.208. The number of halogens is 1. The summed E-state index contributed by atoms with van der Waals surface area (Å²) in [6.07, 6.45) is 0.0197. The fourth-order valence-electron chi connectivity index (χ4n) is 3.12. The van der Waals surface area contributed by atoms with Crippen LogP contribution in [0.3, 0.4) is 0 Å². The van der Waals surface area contributed by atoms with Gasteiger partial charge in [0.25, 0.3) is 0 Å². The second-order valence-corrected chi connectivity index (χ2v) is 8.16. The molecule has 0 heterocycles. The van der Waals surface area contributed by atoms with Crippen molar-refractivity contribution in [3.63, 3.8) is 0 Å². The second kappa shape index (κ2) is 10.2. The number of benzene rings is 3. The lowest BCUT2D eigenvalue weighted by Crippen LogP contribution is -2.26. The molecule has 0 saturated heterocycles. The maximum Gasteiger partial charge on any atom is 0.304 e. The van der Waals surface area contributed by atoms with E-state index in [1.807, 2.05) is 48.2 Å². The summed E-state index contributed by atoms with van der Waals surface area (Å²) in [5, 5.41) is 9.10. The minimum absolute atomic E-state index is 0.0197. The molecule has 0 spiro atoms. The van der Waals surface area contributed by atoms with E-state index in [1.165, 1.54) is 6.07 Å². The number of carbonyl (C=O) groups is 1. The molecule has 0 aliphatic rings. The first-order chi connectivity index (χ1) is 14.0. The SMILES string of the molecule is Cc1ccc(F)c(CN(CCC(=O)O)Cc2cccc(Sc3ccccc3)c2)c1. The van der Waals surface area contributed by atoms with E-state index < -0.39 is 5.97 Å². The molecule has 0 aliphatic carbocycles. The first kappa shape index (κ1) is 21.1. The molecular formula is C24H24FNO2S. The molecule has 3 nitrogen and oxygen atoms in total. The minimum atomic E-state index is -0.854. The highest BCUT2D eigenvalue weighted by molar-refractivity contribution is 7.99. The number of hydrogen-bond acceptors (Lipinski definition) is 3. The normalized spacial score (nSPS) is 11.0. The van der Waals surface area contributed by atoms with Gasteiger partial charge in [-0.25, -0.2) is 4.39 Å². The minimum Gasteiger partial charge on any atom is -0.481 e. The Morgan fingerprint density at radius 1 is 0.966 bits per heavy atom. The number of nitrogens with zero attached hydrogens (tertiary/aromatic N) is 1. The summed E-state index contributed by atoms with van der Waals surface area (Å²) in [6.45, 7) is 3.22. The Morgan fingerprint density at radius 3 is 2.48 bits per heavy atom. The van der Waals surface area contributed by atoms with Crippen LogP contribution in [0.2, 0.25) is 0 Å². The first-order valence-electron chi connectivity index (χ1n) is 9.50. The summed E-state index contributed by atoms with van der Waals surface area (Å²) in [7, 11) is 0. The Hall–Kier alpha value is -2.63. The Bertz CT molecular complexity index is 962. The number of carboxylic acid groups (broad SMARTS) is 1. The highest BCUT2D eigenvalue weighted by Crippen LogP contribution is 2.28. The zero-order valence-corrected chi connectivity index (χ0v) is 17.2. The van der Waals surface area contributed by atoms with Crippen molar-refractivity contribution in [3.8, 4) is 0 Å². The van der Waals surface area contributed by atoms with Crippen LogP contribution in [0.1, 0.15) is 23.1 Å². The number of carboxylic acids is 1. The molecule has 29 heavy (non-hydrogen) atoms. The van der Waals surface area contributed by atoms with Gasteiger partial charge in [0, 0.05) is 35.0 Å². The quantitative estimate of drug-likeness (QED) is 0.488. The average Bonchev–Trinajstić information content (AvgIpc) is 2.70. The Balaban J connectivity index is 1.75. The predicted molar refractivity (Wildman–Crippen MR) is 115 cm³/mol. The van der Waals surface area contributed by atoms with E-state index in [4.69, 9.17) is 5.11 Å². The number of rotatable bonds is 9. The Labute approximate surface area is 175 Å². The van der Waals surface area contributed by atoms with E-state index in [0.717, 1.165) is 20.9 Å². The molecule has 5 heteroatoms. The molecule has 0 unspecified atom stereocenters. The predicted octanol–water partition coefficient (Wildman–Crippen LogP) is 5.76. The van der Waals surface area contributed by atoms with Crippen LogP contribution in [0.25, 0.3) is 0 Å². The van der Waals surface area contributed by atoms with Gasteiger partial charge in [0.1, 0.15) is 5.82 Å². The number of aryl methyl sites for hydroxylation is 1. The fourth-order valence-corrected chi connectivity index (χ4v) is 4.05. The first-order valence-corrected chi connectivity index (χ1v) is 10.3.